The van der Waals surface area contributed by atoms with Crippen LogP contribution in [0.3, 0.4) is 0 Å². The van der Waals surface area contributed by atoms with Crippen molar-refractivity contribution in [2.45, 2.75) is 91.7 Å². The van der Waals surface area contributed by atoms with E-state index in [1.165, 1.54) is 37.0 Å². The van der Waals surface area contributed by atoms with E-state index in [0.717, 1.165) is 33.8 Å². The van der Waals surface area contributed by atoms with Crippen molar-refractivity contribution < 1.29 is 55.7 Å². The molecule has 2 atom stereocenters. The number of thiazole rings is 1. The van der Waals surface area contributed by atoms with Crippen LogP contribution in [0.5, 0.6) is 0 Å². The third-order valence-corrected chi connectivity index (χ3v) is 13.3. The van der Waals surface area contributed by atoms with Gasteiger partial charge in [0.2, 0.25) is 17.7 Å². The van der Waals surface area contributed by atoms with Crippen LogP contribution in [0.4, 0.5) is 23.2 Å². The number of nitrogens with zero attached hydrogens (tertiary/aromatic N) is 5. The molecule has 2 N–H and O–H groups in total. The molecule has 4 amide bonds. The number of alkyl halides is 3. The predicted molar refractivity (Wildman–Crippen MR) is 268 cm³/mol. The second kappa shape index (κ2) is 24.8. The molecular weight excluding hydrogens is 1000 g/mol. The molecule has 72 heavy (non-hydrogen) atoms. The summed E-state index contributed by atoms with van der Waals surface area (Å²) in [7, 11) is 0. The van der Waals surface area contributed by atoms with Gasteiger partial charge < -0.3 is 39.4 Å². The highest BCUT2D eigenvalue weighted by Crippen LogP contribution is 2.43. The third kappa shape index (κ3) is 13.8. The number of thiocarbonyl (C=S) groups is 1. The zero-order valence-electron chi connectivity index (χ0n) is 41.0. The van der Waals surface area contributed by atoms with Crippen LogP contribution in [0.2, 0.25) is 0 Å². The van der Waals surface area contributed by atoms with Crippen LogP contribution in [0.1, 0.15) is 76.8 Å². The van der Waals surface area contributed by atoms with Gasteiger partial charge in [0.25, 0.3) is 5.91 Å². The Hall–Kier alpha value is -5.76. The van der Waals surface area contributed by atoms with Gasteiger partial charge in [-0.1, -0.05) is 69.3 Å². The zero-order chi connectivity index (χ0) is 53.1. The Bertz CT molecular complexity index is 2610. The first-order valence-electron chi connectivity index (χ1n) is 22.9. The topological polar surface area (TPSA) is 176 Å². The normalized spacial score (nSPS) is 16.8. The van der Waals surface area contributed by atoms with Crippen molar-refractivity contribution in [2.24, 2.45) is 5.41 Å². The summed E-state index contributed by atoms with van der Waals surface area (Å²) in [5, 5.41) is 14.6. The number of aryl methyl sites for hydroxylation is 1. The molecule has 0 bridgehead atoms. The van der Waals surface area contributed by atoms with E-state index in [4.69, 9.17) is 42.8 Å². The van der Waals surface area contributed by atoms with Gasteiger partial charge in [-0.2, -0.15) is 18.4 Å². The SMILES string of the molecule is C=C(/C=C(Cl)\C(=C/C)N1C(=S)N(c2ccc(C#N)c(C(F)(F)F)c2F)C(=O)C1(C)C)OCCOCCOCCOCC(=O)N[C@H](C(=O)N1CCC[C@H]1C(=O)NCc1ccc(-c2scnc2C)cc1)C(C)(C)C. The third-order valence-electron chi connectivity index (χ3n) is 11.7. The summed E-state index contributed by atoms with van der Waals surface area (Å²) < 4.78 is 79.0. The maximum absolute atomic E-state index is 15.4. The molecule has 3 aromatic rings. The molecule has 2 aliphatic heterocycles. The van der Waals surface area contributed by atoms with E-state index >= 15 is 4.39 Å². The molecule has 3 heterocycles. The first-order valence-corrected chi connectivity index (χ1v) is 24.5. The van der Waals surface area contributed by atoms with Crippen LogP contribution in [0.25, 0.3) is 10.4 Å². The van der Waals surface area contributed by atoms with Crippen molar-refractivity contribution in [3.05, 3.63) is 105 Å². The molecule has 0 saturated carbocycles. The quantitative estimate of drug-likeness (QED) is 0.0324. The average molecular weight is 1060 g/mol. The summed E-state index contributed by atoms with van der Waals surface area (Å²) in [6.45, 7) is 17.0. The summed E-state index contributed by atoms with van der Waals surface area (Å²) in [5.41, 5.74) is -0.841. The second-order valence-corrected chi connectivity index (χ2v) is 19.9. The van der Waals surface area contributed by atoms with Crippen LogP contribution in [-0.2, 0) is 50.8 Å². The van der Waals surface area contributed by atoms with Gasteiger partial charge in [-0.15, -0.1) is 11.3 Å². The van der Waals surface area contributed by atoms with Gasteiger partial charge in [-0.05, 0) is 81.4 Å². The minimum atomic E-state index is -5.23. The number of carbonyl (C=O) groups excluding carboxylic acids is 4. The number of likely N-dealkylation sites (tertiary alicyclic amines) is 1. The molecule has 15 nitrogen and oxygen atoms in total. The van der Waals surface area contributed by atoms with Crippen LogP contribution in [0, 0.1) is 29.5 Å². The van der Waals surface area contributed by atoms with E-state index < -0.39 is 63.7 Å². The summed E-state index contributed by atoms with van der Waals surface area (Å²) in [4.78, 5) is 62.7. The fraction of sp³-hybridized carbons (Fsp3) is 0.460. The minimum Gasteiger partial charge on any atom is -0.492 e. The lowest BCUT2D eigenvalue weighted by molar-refractivity contribution is -0.144. The van der Waals surface area contributed by atoms with Gasteiger partial charge in [0.05, 0.1) is 77.2 Å². The van der Waals surface area contributed by atoms with Gasteiger partial charge in [0.15, 0.2) is 10.9 Å². The number of aromatic nitrogens is 1. The first kappa shape index (κ1) is 57.1. The average Bonchev–Trinajstić information content (AvgIpc) is 4.03. The number of amides is 4. The molecule has 0 radical (unpaired) electrons. The molecule has 0 aliphatic carbocycles. The number of ether oxygens (including phenoxy) is 4. The van der Waals surface area contributed by atoms with E-state index in [1.807, 2.05) is 57.5 Å². The number of rotatable bonds is 22. The molecule has 388 valence electrons. The number of nitriles is 1. The van der Waals surface area contributed by atoms with Crippen LogP contribution in [-0.4, -0.2) is 114 Å². The van der Waals surface area contributed by atoms with Crippen molar-refractivity contribution in [2.75, 3.05) is 57.7 Å². The Morgan fingerprint density at radius 1 is 1.06 bits per heavy atom. The van der Waals surface area contributed by atoms with E-state index in [0.29, 0.717) is 30.8 Å². The molecule has 2 saturated heterocycles. The van der Waals surface area contributed by atoms with Crippen molar-refractivity contribution in [1.82, 2.24) is 25.4 Å². The highest BCUT2D eigenvalue weighted by atomic mass is 35.5. The maximum atomic E-state index is 15.4. The summed E-state index contributed by atoms with van der Waals surface area (Å²) in [5.74, 6) is -3.65. The maximum Gasteiger partial charge on any atom is 0.420 e. The molecule has 5 rings (SSSR count). The standard InChI is InChI=1S/C50H58ClF4N7O8S2/c1-9-36(62-47(71)61(46(66)49(62,7)8)37-17-16-34(26-56)40(41(37)52)50(53,54)55)35(51)25-30(2)70-24-23-68-20-19-67-21-22-69-28-39(63)59-43(48(4,5)6)45(65)60-18-10-11-38(60)44(64)57-27-32-12-14-33(15-13-32)42-31(3)58-29-72-42/h9,12-17,25,29,38,43H,2,10-11,18-24,27-28H2,1,3-8H3,(H,57,64)(H,59,63)/b35-25+,36-9+/t38-,43+/m0/s1. The highest BCUT2D eigenvalue weighted by Gasteiger charge is 2.53. The van der Waals surface area contributed by atoms with Gasteiger partial charge in [-0.3, -0.25) is 24.1 Å². The number of anilines is 1. The monoisotopic (exact) mass is 1060 g/mol. The highest BCUT2D eigenvalue weighted by molar-refractivity contribution is 7.80. The molecule has 2 aromatic carbocycles. The van der Waals surface area contributed by atoms with Crippen LogP contribution < -0.4 is 15.5 Å². The Morgan fingerprint density at radius 2 is 1.69 bits per heavy atom. The van der Waals surface area contributed by atoms with Crippen molar-refractivity contribution in [3.63, 3.8) is 0 Å². The number of benzene rings is 2. The molecule has 22 heteroatoms. The van der Waals surface area contributed by atoms with E-state index in [-0.39, 0.29) is 79.7 Å². The minimum absolute atomic E-state index is 0.00494. The lowest BCUT2D eigenvalue weighted by atomic mass is 9.85. The summed E-state index contributed by atoms with van der Waals surface area (Å²) in [6.07, 6.45) is -1.21. The Labute approximate surface area is 430 Å². The van der Waals surface area contributed by atoms with E-state index in [1.54, 1.807) is 23.2 Å². The lowest BCUT2D eigenvalue weighted by Crippen LogP contribution is -2.58. The van der Waals surface area contributed by atoms with Crippen LogP contribution >= 0.6 is 35.2 Å². The lowest BCUT2D eigenvalue weighted by Gasteiger charge is -2.35. The predicted octanol–water partition coefficient (Wildman–Crippen LogP) is 8.31. The van der Waals surface area contributed by atoms with Crippen LogP contribution in [0.15, 0.2) is 77.1 Å². The fourth-order valence-corrected chi connectivity index (χ4v) is 9.60. The Balaban J connectivity index is 0.990. The van der Waals surface area contributed by atoms with E-state index in [2.05, 4.69) is 22.2 Å². The smallest absolute Gasteiger partial charge is 0.420 e. The molecule has 2 aliphatic rings. The van der Waals surface area contributed by atoms with E-state index in [9.17, 15) is 37.6 Å². The fourth-order valence-electron chi connectivity index (χ4n) is 7.97. The number of carbonyl (C=O) groups is 4. The molecule has 0 spiro atoms. The number of nitrogens with one attached hydrogen (secondary N) is 2. The zero-order valence-corrected chi connectivity index (χ0v) is 43.4. The largest absolute Gasteiger partial charge is 0.492 e. The van der Waals surface area contributed by atoms with Gasteiger partial charge >= 0.3 is 6.18 Å². The molecule has 1 aromatic heterocycles. The van der Waals surface area contributed by atoms with Gasteiger partial charge in [-0.25, -0.2) is 9.37 Å². The van der Waals surface area contributed by atoms with Gasteiger partial charge in [0, 0.05) is 19.2 Å². The number of halogens is 5. The number of hydrogen-bond acceptors (Lipinski definition) is 12. The first-order chi connectivity index (χ1) is 33.9. The Kier molecular flexibility index (Phi) is 19.7. The number of allylic oxidation sites excluding steroid dienone is 3. The van der Waals surface area contributed by atoms with Crippen molar-refractivity contribution in [3.8, 4) is 16.5 Å². The molecular formula is C50H58ClF4N7O8S2. The second-order valence-electron chi connectivity index (χ2n) is 18.2. The van der Waals surface area contributed by atoms with Crippen molar-refractivity contribution >= 4 is 69.6 Å². The van der Waals surface area contributed by atoms with Gasteiger partial charge in [0.1, 0.15) is 42.2 Å². The molecule has 2 fully saturated rings. The van der Waals surface area contributed by atoms with Crippen molar-refractivity contribution in [1.29, 1.82) is 5.26 Å². The Morgan fingerprint density at radius 3 is 2.28 bits per heavy atom. The summed E-state index contributed by atoms with van der Waals surface area (Å²) in [6, 6.07) is 9.34. The summed E-state index contributed by atoms with van der Waals surface area (Å²) >= 11 is 13.7. The molecule has 0 unspecified atom stereocenters. The number of hydrogen-bond donors (Lipinski definition) is 2.